The van der Waals surface area contributed by atoms with Crippen LogP contribution in [0.15, 0.2) is 36.4 Å². The predicted octanol–water partition coefficient (Wildman–Crippen LogP) is 5.75. The molecule has 0 aromatic heterocycles. The molecule has 23 heavy (non-hydrogen) atoms. The van der Waals surface area contributed by atoms with Gasteiger partial charge in [-0.25, -0.2) is 0 Å². The number of carbonyl (C=O) groups is 1. The zero-order valence-electron chi connectivity index (χ0n) is 12.5. The maximum atomic E-state index is 11.9. The van der Waals surface area contributed by atoms with Crippen molar-refractivity contribution in [2.45, 2.75) is 19.8 Å². The molecule has 1 N–H and O–H groups in total. The summed E-state index contributed by atoms with van der Waals surface area (Å²) < 4.78 is 5.60. The largest absolute Gasteiger partial charge is 0.494 e. The number of rotatable bonds is 6. The van der Waals surface area contributed by atoms with Gasteiger partial charge in [0.2, 0.25) is 5.91 Å². The van der Waals surface area contributed by atoms with Gasteiger partial charge in [-0.3, -0.25) is 4.79 Å². The number of amides is 1. The highest BCUT2D eigenvalue weighted by molar-refractivity contribution is 6.42. The van der Waals surface area contributed by atoms with E-state index in [2.05, 4.69) is 5.32 Å². The van der Waals surface area contributed by atoms with Crippen LogP contribution in [0.1, 0.15) is 18.4 Å². The van der Waals surface area contributed by atoms with Gasteiger partial charge < -0.3 is 10.1 Å². The average Bonchev–Trinajstić information content (AvgIpc) is 2.51. The number of halogens is 3. The van der Waals surface area contributed by atoms with E-state index in [1.165, 1.54) is 0 Å². The van der Waals surface area contributed by atoms with Gasteiger partial charge in [-0.1, -0.05) is 34.8 Å². The molecule has 0 radical (unpaired) electrons. The van der Waals surface area contributed by atoms with E-state index in [1.54, 1.807) is 24.3 Å². The first-order valence-electron chi connectivity index (χ1n) is 7.09. The molecule has 0 unspecified atom stereocenters. The molecule has 0 bridgehead atoms. The Morgan fingerprint density at radius 2 is 1.78 bits per heavy atom. The van der Waals surface area contributed by atoms with Crippen molar-refractivity contribution in [1.82, 2.24) is 0 Å². The number of ether oxygens (including phenoxy) is 1. The van der Waals surface area contributed by atoms with Crippen molar-refractivity contribution in [2.75, 3.05) is 11.9 Å². The van der Waals surface area contributed by atoms with E-state index >= 15 is 0 Å². The van der Waals surface area contributed by atoms with Crippen molar-refractivity contribution in [3.05, 3.63) is 57.0 Å². The van der Waals surface area contributed by atoms with Crippen LogP contribution in [0.2, 0.25) is 15.1 Å². The quantitative estimate of drug-likeness (QED) is 0.655. The van der Waals surface area contributed by atoms with Crippen LogP contribution in [0.5, 0.6) is 5.75 Å². The van der Waals surface area contributed by atoms with Crippen LogP contribution in [-0.4, -0.2) is 12.5 Å². The van der Waals surface area contributed by atoms with Crippen molar-refractivity contribution in [2.24, 2.45) is 0 Å². The Hall–Kier alpha value is -1.42. The molecular formula is C17H16Cl3NO2. The average molecular weight is 373 g/mol. The molecule has 6 heteroatoms. The fourth-order valence-electron chi connectivity index (χ4n) is 1.93. The Bertz CT molecular complexity index is 704. The summed E-state index contributed by atoms with van der Waals surface area (Å²) in [6.45, 7) is 2.37. The smallest absolute Gasteiger partial charge is 0.224 e. The predicted molar refractivity (Wildman–Crippen MR) is 96.0 cm³/mol. The van der Waals surface area contributed by atoms with Crippen molar-refractivity contribution < 1.29 is 9.53 Å². The third-order valence-electron chi connectivity index (χ3n) is 3.15. The number of aryl methyl sites for hydroxylation is 1. The molecule has 0 aliphatic heterocycles. The summed E-state index contributed by atoms with van der Waals surface area (Å²) in [5, 5.41) is 4.34. The highest BCUT2D eigenvalue weighted by atomic mass is 35.5. The molecule has 0 heterocycles. The van der Waals surface area contributed by atoms with E-state index < -0.39 is 0 Å². The molecule has 122 valence electrons. The molecule has 2 aromatic rings. The number of hydrogen-bond donors (Lipinski definition) is 1. The third kappa shape index (κ3) is 5.61. The Kier molecular flexibility index (Phi) is 6.58. The molecule has 2 aromatic carbocycles. The lowest BCUT2D eigenvalue weighted by molar-refractivity contribution is -0.116. The summed E-state index contributed by atoms with van der Waals surface area (Å²) in [6, 6.07) is 10.5. The van der Waals surface area contributed by atoms with Crippen LogP contribution in [0.25, 0.3) is 0 Å². The lowest BCUT2D eigenvalue weighted by atomic mass is 10.2. The normalized spacial score (nSPS) is 10.4. The van der Waals surface area contributed by atoms with Gasteiger partial charge in [-0.05, 0) is 55.3 Å². The van der Waals surface area contributed by atoms with Crippen LogP contribution in [-0.2, 0) is 4.79 Å². The second-order valence-electron chi connectivity index (χ2n) is 5.04. The fraction of sp³-hybridized carbons (Fsp3) is 0.235. The zero-order chi connectivity index (χ0) is 16.8. The molecule has 2 rings (SSSR count). The summed E-state index contributed by atoms with van der Waals surface area (Å²) in [5.41, 5.74) is 1.58. The zero-order valence-corrected chi connectivity index (χ0v) is 14.8. The second-order valence-corrected chi connectivity index (χ2v) is 6.26. The van der Waals surface area contributed by atoms with Gasteiger partial charge in [-0.2, -0.15) is 0 Å². The highest BCUT2D eigenvalue weighted by Gasteiger charge is 2.05. The number of hydrogen-bond acceptors (Lipinski definition) is 2. The summed E-state index contributed by atoms with van der Waals surface area (Å²) in [5.74, 6) is 0.649. The standard InChI is InChI=1S/C17H16Cl3NO2/c1-11-9-13(5-7-14(11)18)23-8-2-3-17(22)21-12-4-6-15(19)16(20)10-12/h4-7,9-10H,2-3,8H2,1H3,(H,21,22). The van der Waals surface area contributed by atoms with Gasteiger partial charge in [0.1, 0.15) is 5.75 Å². The minimum Gasteiger partial charge on any atom is -0.494 e. The number of benzene rings is 2. The minimum atomic E-state index is -0.0979. The maximum absolute atomic E-state index is 11.9. The Morgan fingerprint density at radius 3 is 2.48 bits per heavy atom. The van der Waals surface area contributed by atoms with Gasteiger partial charge in [0, 0.05) is 17.1 Å². The maximum Gasteiger partial charge on any atom is 0.224 e. The van der Waals surface area contributed by atoms with Crippen LogP contribution >= 0.6 is 34.8 Å². The molecule has 1 amide bonds. The molecule has 0 spiro atoms. The highest BCUT2D eigenvalue weighted by Crippen LogP contribution is 2.25. The summed E-state index contributed by atoms with van der Waals surface area (Å²) in [6.07, 6.45) is 0.960. The van der Waals surface area contributed by atoms with Gasteiger partial charge in [-0.15, -0.1) is 0 Å². The Balaban J connectivity index is 1.74. The van der Waals surface area contributed by atoms with Crippen molar-refractivity contribution in [1.29, 1.82) is 0 Å². The van der Waals surface area contributed by atoms with Gasteiger partial charge in [0.05, 0.1) is 16.7 Å². The van der Waals surface area contributed by atoms with E-state index in [0.29, 0.717) is 40.2 Å². The van der Waals surface area contributed by atoms with Gasteiger partial charge in [0.15, 0.2) is 0 Å². The van der Waals surface area contributed by atoms with E-state index in [0.717, 1.165) is 11.3 Å². The Morgan fingerprint density at radius 1 is 1.04 bits per heavy atom. The Labute approximate surface area is 150 Å². The molecule has 0 aliphatic rings. The molecule has 0 saturated carbocycles. The number of nitrogens with one attached hydrogen (secondary N) is 1. The van der Waals surface area contributed by atoms with Crippen LogP contribution in [0, 0.1) is 6.92 Å². The first-order valence-corrected chi connectivity index (χ1v) is 8.23. The van der Waals surface area contributed by atoms with Gasteiger partial charge >= 0.3 is 0 Å². The topological polar surface area (TPSA) is 38.3 Å². The summed E-state index contributed by atoms with van der Waals surface area (Å²) in [7, 11) is 0. The number of anilines is 1. The van der Waals surface area contributed by atoms with Crippen molar-refractivity contribution in [3.63, 3.8) is 0 Å². The summed E-state index contributed by atoms with van der Waals surface area (Å²) in [4.78, 5) is 11.9. The first-order chi connectivity index (χ1) is 11.0. The van der Waals surface area contributed by atoms with Crippen molar-refractivity contribution in [3.8, 4) is 5.75 Å². The van der Waals surface area contributed by atoms with E-state index in [-0.39, 0.29) is 5.91 Å². The molecule has 0 atom stereocenters. The molecule has 3 nitrogen and oxygen atoms in total. The molecule has 0 saturated heterocycles. The molecule has 0 aliphatic carbocycles. The van der Waals surface area contributed by atoms with Crippen LogP contribution in [0.4, 0.5) is 5.69 Å². The summed E-state index contributed by atoms with van der Waals surface area (Å²) >= 11 is 17.7. The first kappa shape index (κ1) is 17.9. The van der Waals surface area contributed by atoms with E-state index in [1.807, 2.05) is 19.1 Å². The van der Waals surface area contributed by atoms with Crippen LogP contribution < -0.4 is 10.1 Å². The van der Waals surface area contributed by atoms with Gasteiger partial charge in [0.25, 0.3) is 0 Å². The fourth-order valence-corrected chi connectivity index (χ4v) is 2.34. The lowest BCUT2D eigenvalue weighted by Crippen LogP contribution is -2.12. The molecule has 0 fully saturated rings. The van der Waals surface area contributed by atoms with E-state index in [4.69, 9.17) is 39.5 Å². The molecular weight excluding hydrogens is 357 g/mol. The SMILES string of the molecule is Cc1cc(OCCCC(=O)Nc2ccc(Cl)c(Cl)c2)ccc1Cl. The van der Waals surface area contributed by atoms with Crippen LogP contribution in [0.3, 0.4) is 0 Å². The lowest BCUT2D eigenvalue weighted by Gasteiger charge is -2.08. The monoisotopic (exact) mass is 371 g/mol. The second kappa shape index (κ2) is 8.44. The third-order valence-corrected chi connectivity index (χ3v) is 4.31. The van der Waals surface area contributed by atoms with Crippen molar-refractivity contribution >= 4 is 46.4 Å². The number of carbonyl (C=O) groups excluding carboxylic acids is 1. The van der Waals surface area contributed by atoms with E-state index in [9.17, 15) is 4.79 Å². The minimum absolute atomic E-state index is 0.0979.